The van der Waals surface area contributed by atoms with Crippen LogP contribution in [0.1, 0.15) is 153 Å². The van der Waals surface area contributed by atoms with Crippen LogP contribution in [0.4, 0.5) is 26.3 Å². The number of carbonyl (C=O) groups excluding carboxylic acids is 1. The number of amides is 1. The molecule has 13 nitrogen and oxygen atoms in total. The lowest BCUT2D eigenvalue weighted by Gasteiger charge is -2.50. The minimum absolute atomic E-state index is 0.0456. The van der Waals surface area contributed by atoms with Gasteiger partial charge in [-0.05, 0) is 151 Å². The third-order valence-corrected chi connectivity index (χ3v) is 19.9. The van der Waals surface area contributed by atoms with Crippen molar-refractivity contribution in [2.24, 2.45) is 17.3 Å². The van der Waals surface area contributed by atoms with Crippen molar-refractivity contribution in [3.63, 3.8) is 0 Å². The maximum atomic E-state index is 13.7. The van der Waals surface area contributed by atoms with Gasteiger partial charge in [-0.2, -0.15) is 26.3 Å². The van der Waals surface area contributed by atoms with Crippen LogP contribution >= 0.6 is 21.6 Å². The van der Waals surface area contributed by atoms with Gasteiger partial charge in [-0.25, -0.2) is 4.79 Å². The molecule has 1 amide bonds. The van der Waals surface area contributed by atoms with E-state index in [0.717, 1.165) is 95.2 Å². The molecule has 1 saturated heterocycles. The lowest BCUT2D eigenvalue weighted by Crippen LogP contribution is -2.58. The van der Waals surface area contributed by atoms with Gasteiger partial charge in [0.25, 0.3) is 11.2 Å². The van der Waals surface area contributed by atoms with E-state index >= 15 is 0 Å². The van der Waals surface area contributed by atoms with Crippen molar-refractivity contribution in [3.8, 4) is 5.75 Å². The molecular weight excluding hydrogens is 1040 g/mol. The van der Waals surface area contributed by atoms with Crippen molar-refractivity contribution in [1.29, 1.82) is 0 Å². The molecule has 2 saturated carbocycles. The fraction of sp³-hybridized carbons (Fsp3) is 0.800. The molecule has 8 unspecified atom stereocenters. The molecule has 0 bridgehead atoms. The number of benzene rings is 1. The lowest BCUT2D eigenvalue weighted by molar-refractivity contribution is -0.383. The van der Waals surface area contributed by atoms with Gasteiger partial charge < -0.3 is 38.6 Å². The zero-order valence-corrected chi connectivity index (χ0v) is 47.3. The van der Waals surface area contributed by atoms with Crippen molar-refractivity contribution in [1.82, 2.24) is 19.8 Å². The third kappa shape index (κ3) is 16.0. The second-order valence-electron chi connectivity index (χ2n) is 22.3. The number of H-pyrrole nitrogens is 1. The maximum absolute atomic E-state index is 13.7. The Bertz CT molecular complexity index is 2250. The van der Waals surface area contributed by atoms with Gasteiger partial charge in [0.1, 0.15) is 24.7 Å². The molecule has 1 aromatic heterocycles. The number of aromatic nitrogens is 2. The van der Waals surface area contributed by atoms with E-state index in [1.54, 1.807) is 14.2 Å². The van der Waals surface area contributed by atoms with Gasteiger partial charge in [0.15, 0.2) is 0 Å². The third-order valence-electron chi connectivity index (χ3n) is 16.5. The number of hydrogen-bond acceptors (Lipinski definition) is 12. The standard InChI is InChI=1S/C55H84F6N4O9S2/c1-8-23-53(54(56,57)58,55(59,60)61)73-30-13-29-72-46-20-19-43-42-17-14-37-33-39(16-18-40(37)41(42)22-24-52(43,46)4)71-31-28-64(5)27-25-51(2,3)76-75-32-12-10-9-11-26-62-47(66)21-15-38-35-65(50(68)63-49(38)67)48-34-44(70-7)45(74-48)36-69-6/h16,18,33,35,41-46,48H,8-15,17,19-32,34,36H2,1-7H3,(H,62,66)(H,63,67,68). The number of alkyl halides is 6. The summed E-state index contributed by atoms with van der Waals surface area (Å²) in [6.45, 7) is 10.7. The first-order chi connectivity index (χ1) is 36.1. The maximum Gasteiger partial charge on any atom is 0.426 e. The second-order valence-corrected chi connectivity index (χ2v) is 25.4. The Balaban J connectivity index is 0.806. The van der Waals surface area contributed by atoms with E-state index in [9.17, 15) is 40.7 Å². The smallest absolute Gasteiger partial charge is 0.426 e. The second kappa shape index (κ2) is 28.1. The summed E-state index contributed by atoms with van der Waals surface area (Å²) in [4.78, 5) is 42.4. The van der Waals surface area contributed by atoms with Crippen molar-refractivity contribution in [2.45, 2.75) is 190 Å². The zero-order valence-electron chi connectivity index (χ0n) is 45.7. The van der Waals surface area contributed by atoms with Crippen LogP contribution in [0.25, 0.3) is 0 Å². The lowest BCUT2D eigenvalue weighted by atomic mass is 9.55. The van der Waals surface area contributed by atoms with Gasteiger partial charge in [0.05, 0.1) is 25.4 Å². The summed E-state index contributed by atoms with van der Waals surface area (Å²) in [7, 11) is 9.13. The number of likely N-dealkylation sites (N-methyl/N-ethyl adjacent to an activating group) is 1. The quantitative estimate of drug-likeness (QED) is 0.0422. The summed E-state index contributed by atoms with van der Waals surface area (Å²) >= 11 is 0. The number of hydrogen-bond donors (Lipinski definition) is 2. The highest BCUT2D eigenvalue weighted by molar-refractivity contribution is 8.77. The van der Waals surface area contributed by atoms with Crippen LogP contribution < -0.4 is 21.3 Å². The number of nitrogens with one attached hydrogen (secondary N) is 2. The minimum Gasteiger partial charge on any atom is -0.492 e. The van der Waals surface area contributed by atoms with Gasteiger partial charge >= 0.3 is 18.0 Å². The number of ether oxygens (including phenoxy) is 6. The van der Waals surface area contributed by atoms with Crippen molar-refractivity contribution in [2.75, 3.05) is 73.1 Å². The average Bonchev–Trinajstić information content (AvgIpc) is 3.93. The van der Waals surface area contributed by atoms with Gasteiger partial charge in [-0.15, -0.1) is 0 Å². The number of unbranched alkanes of at least 4 members (excludes halogenated alkanes) is 3. The van der Waals surface area contributed by atoms with Crippen LogP contribution in [0, 0.1) is 17.3 Å². The number of halogens is 6. The Labute approximate surface area is 453 Å². The van der Waals surface area contributed by atoms with E-state index in [1.807, 2.05) is 21.6 Å². The molecule has 0 spiro atoms. The molecule has 1 aromatic carbocycles. The number of nitrogens with zero attached hydrogens (tertiary/aromatic N) is 2. The van der Waals surface area contributed by atoms with Crippen LogP contribution in [-0.4, -0.2) is 134 Å². The number of aromatic amines is 1. The summed E-state index contributed by atoms with van der Waals surface area (Å²) in [5, 5.41) is 2.96. The number of aryl methyl sites for hydroxylation is 2. The van der Waals surface area contributed by atoms with Crippen LogP contribution in [0.3, 0.4) is 0 Å². The first-order valence-electron chi connectivity index (χ1n) is 27.5. The van der Waals surface area contributed by atoms with Gasteiger partial charge in [-0.3, -0.25) is 19.1 Å². The molecule has 1 aliphatic heterocycles. The van der Waals surface area contributed by atoms with E-state index in [4.69, 9.17) is 23.7 Å². The SMILES string of the molecule is CCCC(OCCCOC1CCC2C3CCc4cc(OCCN(C)CCC(C)(C)SSCCCCCCNC(=O)CCc5cn(C6CC(OC)C(COC)O6)c(=O)[nH]c5=O)ccc4C3CCC12C)(C(F)(F)F)C(F)(F)F. The summed E-state index contributed by atoms with van der Waals surface area (Å²) < 4.78 is 117. The Kier molecular flexibility index (Phi) is 23.1. The molecule has 3 aliphatic carbocycles. The topological polar surface area (TPSA) is 143 Å². The first kappa shape index (κ1) is 62.4. The van der Waals surface area contributed by atoms with Gasteiger partial charge in [0.2, 0.25) is 5.91 Å². The van der Waals surface area contributed by atoms with Gasteiger partial charge in [0, 0.05) is 69.0 Å². The molecule has 432 valence electrons. The van der Waals surface area contributed by atoms with E-state index in [0.29, 0.717) is 49.5 Å². The van der Waals surface area contributed by atoms with E-state index < -0.39 is 48.5 Å². The Hall–Kier alpha value is -2.79. The average molecular weight is 1120 g/mol. The summed E-state index contributed by atoms with van der Waals surface area (Å²) in [6, 6.07) is 6.57. The predicted molar refractivity (Wildman–Crippen MR) is 285 cm³/mol. The highest BCUT2D eigenvalue weighted by Gasteiger charge is 2.71. The number of rotatable bonds is 31. The highest BCUT2D eigenvalue weighted by atomic mass is 33.1. The molecule has 2 aromatic rings. The summed E-state index contributed by atoms with van der Waals surface area (Å²) in [5.41, 5.74) is -2.24. The number of fused-ring (bicyclic) bond motifs is 5. The van der Waals surface area contributed by atoms with Crippen LogP contribution in [0.15, 0.2) is 34.0 Å². The van der Waals surface area contributed by atoms with Crippen molar-refractivity contribution < 1.29 is 59.6 Å². The van der Waals surface area contributed by atoms with Crippen LogP contribution in [0.2, 0.25) is 0 Å². The molecule has 4 aliphatic rings. The molecule has 76 heavy (non-hydrogen) atoms. The van der Waals surface area contributed by atoms with Crippen LogP contribution in [0.5, 0.6) is 5.75 Å². The predicted octanol–water partition coefficient (Wildman–Crippen LogP) is 11.0. The highest BCUT2D eigenvalue weighted by Crippen LogP contribution is 2.62. The number of carbonyl (C=O) groups is 1. The Morgan fingerprint density at radius 3 is 2.45 bits per heavy atom. The molecule has 0 radical (unpaired) electrons. The van der Waals surface area contributed by atoms with E-state index in [1.165, 1.54) is 28.8 Å². The summed E-state index contributed by atoms with van der Waals surface area (Å²) in [5.74, 6) is 3.19. The molecule has 2 heterocycles. The molecule has 2 N–H and O–H groups in total. The monoisotopic (exact) mass is 1120 g/mol. The Morgan fingerprint density at radius 1 is 0.961 bits per heavy atom. The van der Waals surface area contributed by atoms with Gasteiger partial charge in [-0.1, -0.05) is 60.8 Å². The number of methoxy groups -OCH3 is 2. The normalized spacial score (nSPS) is 24.9. The molecule has 8 atom stereocenters. The molecule has 21 heteroatoms. The summed E-state index contributed by atoms with van der Waals surface area (Å²) in [6.07, 6.45) is -0.772. The van der Waals surface area contributed by atoms with E-state index in [2.05, 4.69) is 66.0 Å². The fourth-order valence-electron chi connectivity index (χ4n) is 12.1. The Morgan fingerprint density at radius 2 is 1.72 bits per heavy atom. The molecule has 6 rings (SSSR count). The molecular formula is C55H84F6N4O9S2. The van der Waals surface area contributed by atoms with Crippen molar-refractivity contribution >= 4 is 27.5 Å². The van der Waals surface area contributed by atoms with E-state index in [-0.39, 0.29) is 66.7 Å². The minimum atomic E-state index is -5.56. The molecule has 3 fully saturated rings. The van der Waals surface area contributed by atoms with Crippen LogP contribution in [-0.2, 0) is 41.3 Å². The zero-order chi connectivity index (χ0) is 55.3. The fourth-order valence-corrected chi connectivity index (χ4v) is 14.8. The van der Waals surface area contributed by atoms with Crippen molar-refractivity contribution in [3.05, 3.63) is 61.9 Å². The first-order valence-corrected chi connectivity index (χ1v) is 29.8. The largest absolute Gasteiger partial charge is 0.492 e.